The minimum atomic E-state index is -3.16. The van der Waals surface area contributed by atoms with Crippen molar-refractivity contribution in [1.82, 2.24) is 14.9 Å². The second-order valence-electron chi connectivity index (χ2n) is 7.67. The zero-order chi connectivity index (χ0) is 21.9. The summed E-state index contributed by atoms with van der Waals surface area (Å²) in [4.78, 5) is 23.6. The zero-order valence-electron chi connectivity index (χ0n) is 17.3. The maximum Gasteiger partial charge on any atom is 0.274 e. The maximum absolute atomic E-state index is 13.4. The van der Waals surface area contributed by atoms with Gasteiger partial charge in [0.2, 0.25) is 0 Å². The highest BCUT2D eigenvalue weighted by atomic mass is 35.5. The van der Waals surface area contributed by atoms with Crippen LogP contribution in [0.5, 0.6) is 0 Å². The molecule has 6 nitrogen and oxygen atoms in total. The molecule has 1 saturated heterocycles. The van der Waals surface area contributed by atoms with Crippen molar-refractivity contribution in [3.8, 4) is 0 Å². The van der Waals surface area contributed by atoms with Crippen LogP contribution in [0.2, 0.25) is 5.02 Å². The smallest absolute Gasteiger partial charge is 0.274 e. The Morgan fingerprint density at radius 3 is 2.57 bits per heavy atom. The van der Waals surface area contributed by atoms with Crippen LogP contribution in [0.4, 0.5) is 0 Å². The molecular weight excluding hydrogens is 442 g/mol. The third-order valence-electron chi connectivity index (χ3n) is 5.11. The molecule has 0 saturated carbocycles. The first-order chi connectivity index (χ1) is 14.2. The van der Waals surface area contributed by atoms with Gasteiger partial charge in [-0.15, -0.1) is 0 Å². The van der Waals surface area contributed by atoms with E-state index in [1.54, 1.807) is 4.90 Å². The molecule has 9 heteroatoms. The zero-order valence-corrected chi connectivity index (χ0v) is 19.7. The summed E-state index contributed by atoms with van der Waals surface area (Å²) >= 11 is 7.68. The van der Waals surface area contributed by atoms with Gasteiger partial charge >= 0.3 is 0 Å². The number of halogens is 1. The van der Waals surface area contributed by atoms with Crippen LogP contribution >= 0.6 is 23.4 Å². The molecule has 1 fully saturated rings. The normalized spacial score (nSPS) is 18.0. The summed E-state index contributed by atoms with van der Waals surface area (Å²) in [5.74, 6) is 0.855. The van der Waals surface area contributed by atoms with Crippen LogP contribution < -0.4 is 0 Å². The van der Waals surface area contributed by atoms with Crippen LogP contribution in [0.15, 0.2) is 35.6 Å². The topological polar surface area (TPSA) is 80.2 Å². The Labute approximate surface area is 187 Å². The van der Waals surface area contributed by atoms with Crippen molar-refractivity contribution in [2.75, 3.05) is 17.3 Å². The summed E-state index contributed by atoms with van der Waals surface area (Å²) in [5.41, 5.74) is 2.26. The molecule has 0 radical (unpaired) electrons. The molecule has 1 aromatic carbocycles. The number of rotatable bonds is 7. The molecule has 3 rings (SSSR count). The predicted molar refractivity (Wildman–Crippen MR) is 121 cm³/mol. The fourth-order valence-corrected chi connectivity index (χ4v) is 5.87. The first-order valence-corrected chi connectivity index (χ1v) is 13.1. The minimum absolute atomic E-state index is 0.0396. The van der Waals surface area contributed by atoms with Crippen LogP contribution in [0.1, 0.15) is 54.7 Å². The number of aromatic nitrogens is 2. The lowest BCUT2D eigenvalue weighted by Gasteiger charge is -2.28. The van der Waals surface area contributed by atoms with E-state index in [0.717, 1.165) is 11.3 Å². The van der Waals surface area contributed by atoms with E-state index >= 15 is 0 Å². The lowest BCUT2D eigenvalue weighted by atomic mass is 10.0. The Morgan fingerprint density at radius 2 is 2.00 bits per heavy atom. The number of hydrogen-bond acceptors (Lipinski definition) is 6. The Balaban J connectivity index is 1.93. The highest BCUT2D eigenvalue weighted by Crippen LogP contribution is 2.26. The van der Waals surface area contributed by atoms with Crippen molar-refractivity contribution in [2.24, 2.45) is 0 Å². The largest absolute Gasteiger partial charge is 0.329 e. The number of benzene rings is 1. The molecule has 30 heavy (non-hydrogen) atoms. The first-order valence-electron chi connectivity index (χ1n) is 9.95. The van der Waals surface area contributed by atoms with Crippen molar-refractivity contribution < 1.29 is 13.2 Å². The fraction of sp³-hybridized carbons (Fsp3) is 0.476. The lowest BCUT2D eigenvalue weighted by molar-refractivity contribution is 0.0674. The van der Waals surface area contributed by atoms with Gasteiger partial charge < -0.3 is 4.90 Å². The van der Waals surface area contributed by atoms with Crippen LogP contribution in [0, 0.1) is 0 Å². The number of carbonyl (C=O) groups excluding carboxylic acids is 1. The number of hydrogen-bond donors (Lipinski definition) is 0. The highest BCUT2D eigenvalue weighted by Gasteiger charge is 2.36. The van der Waals surface area contributed by atoms with E-state index in [9.17, 15) is 13.2 Å². The van der Waals surface area contributed by atoms with Gasteiger partial charge in [0, 0.05) is 12.6 Å². The number of carbonyl (C=O) groups is 1. The summed E-state index contributed by atoms with van der Waals surface area (Å²) in [7, 11) is -3.16. The van der Waals surface area contributed by atoms with E-state index in [1.165, 1.54) is 23.5 Å². The van der Waals surface area contributed by atoms with Gasteiger partial charge in [0.1, 0.15) is 0 Å². The summed E-state index contributed by atoms with van der Waals surface area (Å²) in [6.45, 7) is 6.52. The van der Waals surface area contributed by atoms with Crippen molar-refractivity contribution in [2.45, 2.75) is 50.9 Å². The minimum Gasteiger partial charge on any atom is -0.329 e. The van der Waals surface area contributed by atoms with Crippen LogP contribution in [0.3, 0.4) is 0 Å². The fourth-order valence-electron chi connectivity index (χ4n) is 3.43. The molecule has 0 unspecified atom stereocenters. The molecule has 1 aliphatic heterocycles. The molecule has 1 aromatic heterocycles. The monoisotopic (exact) mass is 467 g/mol. The van der Waals surface area contributed by atoms with E-state index < -0.39 is 15.9 Å². The third kappa shape index (κ3) is 5.53. The van der Waals surface area contributed by atoms with Gasteiger partial charge in [-0.25, -0.2) is 18.4 Å². The molecule has 1 amide bonds. The number of nitrogens with zero attached hydrogens (tertiary/aromatic N) is 3. The summed E-state index contributed by atoms with van der Waals surface area (Å²) in [5, 5.41) is 0.645. The highest BCUT2D eigenvalue weighted by molar-refractivity contribution is 7.99. The molecule has 2 aromatic rings. The second kappa shape index (κ2) is 9.66. The lowest BCUT2D eigenvalue weighted by Crippen LogP contribution is -2.41. The van der Waals surface area contributed by atoms with Crippen LogP contribution in [0.25, 0.3) is 0 Å². The molecule has 0 N–H and O–H groups in total. The summed E-state index contributed by atoms with van der Waals surface area (Å²) < 4.78 is 24.2. The van der Waals surface area contributed by atoms with E-state index in [-0.39, 0.29) is 28.1 Å². The van der Waals surface area contributed by atoms with Gasteiger partial charge in [-0.1, -0.05) is 68.4 Å². The van der Waals surface area contributed by atoms with Crippen molar-refractivity contribution >= 4 is 39.1 Å². The Bertz CT molecular complexity index is 1010. The van der Waals surface area contributed by atoms with E-state index in [1.807, 2.05) is 31.2 Å². The molecule has 0 aliphatic carbocycles. The van der Waals surface area contributed by atoms with Crippen LogP contribution in [-0.4, -0.2) is 52.5 Å². The van der Waals surface area contributed by atoms with Gasteiger partial charge in [0.15, 0.2) is 20.7 Å². The molecule has 1 aliphatic rings. The number of amides is 1. The molecule has 0 spiro atoms. The quantitative estimate of drug-likeness (QED) is 0.448. The summed E-state index contributed by atoms with van der Waals surface area (Å²) in [6, 6.07) is 7.65. The average molecular weight is 468 g/mol. The SMILES string of the molecule is CCSc1ncc(Cl)c(C(=O)N(Cc2ccc(C(C)C)cc2)[C@H]2CCS(=O)(=O)C2)n1. The van der Waals surface area contributed by atoms with Gasteiger partial charge in [-0.3, -0.25) is 4.79 Å². The molecular formula is C21H26ClN3O3S2. The van der Waals surface area contributed by atoms with E-state index in [4.69, 9.17) is 11.6 Å². The maximum atomic E-state index is 13.4. The van der Waals surface area contributed by atoms with Crippen LogP contribution in [-0.2, 0) is 16.4 Å². The number of sulfone groups is 1. The molecule has 2 heterocycles. The van der Waals surface area contributed by atoms with Gasteiger partial charge in [0.25, 0.3) is 5.91 Å². The average Bonchev–Trinajstić information content (AvgIpc) is 3.07. The second-order valence-corrected chi connectivity index (χ2v) is 11.5. The Kier molecular flexibility index (Phi) is 7.42. The van der Waals surface area contributed by atoms with E-state index in [2.05, 4.69) is 23.8 Å². The van der Waals surface area contributed by atoms with E-state index in [0.29, 0.717) is 24.0 Å². The Hall–Kier alpha value is -1.64. The standard InChI is InChI=1S/C21H26ClN3O3S2/c1-4-29-21-23-11-18(22)19(24-21)20(26)25(17-9-10-30(27,28)13-17)12-15-5-7-16(8-6-15)14(2)3/h5-8,11,14,17H,4,9-10,12-13H2,1-3H3/t17-/m0/s1. The third-order valence-corrected chi connectivity index (χ3v) is 7.88. The molecule has 1 atom stereocenters. The molecule has 162 valence electrons. The van der Waals surface area contributed by atoms with Crippen molar-refractivity contribution in [3.05, 3.63) is 52.3 Å². The van der Waals surface area contributed by atoms with Gasteiger partial charge in [0.05, 0.1) is 22.7 Å². The summed E-state index contributed by atoms with van der Waals surface area (Å²) in [6.07, 6.45) is 1.85. The first kappa shape index (κ1) is 23.0. The van der Waals surface area contributed by atoms with Gasteiger partial charge in [-0.2, -0.15) is 0 Å². The predicted octanol–water partition coefficient (Wildman–Crippen LogP) is 4.19. The van der Waals surface area contributed by atoms with Crippen molar-refractivity contribution in [3.63, 3.8) is 0 Å². The number of thioether (sulfide) groups is 1. The molecule has 0 bridgehead atoms. The van der Waals surface area contributed by atoms with Gasteiger partial charge in [-0.05, 0) is 29.2 Å². The van der Waals surface area contributed by atoms with Crippen molar-refractivity contribution in [1.29, 1.82) is 0 Å². The Morgan fingerprint density at radius 1 is 1.30 bits per heavy atom.